The molecule has 2 heterocycles. The van der Waals surface area contributed by atoms with Crippen LogP contribution < -0.4 is 5.73 Å². The van der Waals surface area contributed by atoms with E-state index in [0.29, 0.717) is 25.6 Å². The molecule has 20 heavy (non-hydrogen) atoms. The van der Waals surface area contributed by atoms with Crippen molar-refractivity contribution in [3.05, 3.63) is 0 Å². The summed E-state index contributed by atoms with van der Waals surface area (Å²) in [5.41, 5.74) is 4.65. The van der Waals surface area contributed by atoms with Gasteiger partial charge in [0, 0.05) is 25.7 Å². The van der Waals surface area contributed by atoms with Gasteiger partial charge in [0.25, 0.3) is 0 Å². The molecule has 1 amide bonds. The Morgan fingerprint density at radius 3 is 2.70 bits per heavy atom. The lowest BCUT2D eigenvalue weighted by molar-refractivity contribution is -0.143. The van der Waals surface area contributed by atoms with E-state index in [4.69, 9.17) is 10.8 Å². The van der Waals surface area contributed by atoms with E-state index in [1.807, 2.05) is 9.80 Å². The van der Waals surface area contributed by atoms with E-state index in [0.717, 1.165) is 25.8 Å². The molecule has 6 heteroatoms. The zero-order valence-electron chi connectivity index (χ0n) is 12.2. The van der Waals surface area contributed by atoms with Gasteiger partial charge in [0.05, 0.1) is 6.54 Å². The first-order chi connectivity index (χ1) is 9.46. The molecule has 2 rings (SSSR count). The van der Waals surface area contributed by atoms with Gasteiger partial charge in [-0.1, -0.05) is 6.92 Å². The lowest BCUT2D eigenvalue weighted by atomic mass is 10.00. The number of likely N-dealkylation sites (tertiary alicyclic amines) is 2. The van der Waals surface area contributed by atoms with Crippen molar-refractivity contribution >= 4 is 11.9 Å². The molecule has 2 fully saturated rings. The summed E-state index contributed by atoms with van der Waals surface area (Å²) in [7, 11) is 0. The highest BCUT2D eigenvalue weighted by atomic mass is 16.4. The number of carboxylic acid groups (broad SMARTS) is 1. The largest absolute Gasteiger partial charge is 0.480 e. The average molecular weight is 283 g/mol. The van der Waals surface area contributed by atoms with Gasteiger partial charge in [0.2, 0.25) is 5.91 Å². The van der Waals surface area contributed by atoms with Gasteiger partial charge in [-0.05, 0) is 32.1 Å². The molecule has 2 aliphatic heterocycles. The Balaban J connectivity index is 1.90. The van der Waals surface area contributed by atoms with E-state index in [1.54, 1.807) is 0 Å². The molecule has 114 valence electrons. The lowest BCUT2D eigenvalue weighted by Gasteiger charge is -2.36. The molecule has 6 nitrogen and oxygen atoms in total. The van der Waals surface area contributed by atoms with Crippen LogP contribution in [0.15, 0.2) is 0 Å². The lowest BCUT2D eigenvalue weighted by Crippen LogP contribution is -2.52. The molecule has 0 aromatic carbocycles. The van der Waals surface area contributed by atoms with Crippen LogP contribution in [0.3, 0.4) is 0 Å². The molecule has 0 saturated carbocycles. The number of carbonyl (C=O) groups excluding carboxylic acids is 1. The Morgan fingerprint density at radius 2 is 2.10 bits per heavy atom. The van der Waals surface area contributed by atoms with Crippen LogP contribution in [-0.2, 0) is 9.59 Å². The van der Waals surface area contributed by atoms with Crippen LogP contribution in [0.25, 0.3) is 0 Å². The number of carbonyl (C=O) groups is 2. The summed E-state index contributed by atoms with van der Waals surface area (Å²) >= 11 is 0. The van der Waals surface area contributed by atoms with Crippen LogP contribution in [0.2, 0.25) is 0 Å². The number of carboxylic acids is 1. The van der Waals surface area contributed by atoms with Crippen LogP contribution in [-0.4, -0.2) is 64.5 Å². The molecule has 0 aromatic rings. The van der Waals surface area contributed by atoms with Crippen LogP contribution >= 0.6 is 0 Å². The first-order valence-corrected chi connectivity index (χ1v) is 7.50. The summed E-state index contributed by atoms with van der Waals surface area (Å²) in [6.07, 6.45) is 4.74. The van der Waals surface area contributed by atoms with Crippen molar-refractivity contribution in [1.29, 1.82) is 0 Å². The normalized spacial score (nSPS) is 31.5. The van der Waals surface area contributed by atoms with Crippen molar-refractivity contribution in [2.45, 2.75) is 50.6 Å². The Hall–Kier alpha value is -1.14. The molecule has 0 spiro atoms. The summed E-state index contributed by atoms with van der Waals surface area (Å²) in [5, 5.41) is 9.11. The second-order valence-electron chi connectivity index (χ2n) is 6.07. The van der Waals surface area contributed by atoms with Gasteiger partial charge in [-0.25, -0.2) is 0 Å². The first kappa shape index (κ1) is 15.3. The van der Waals surface area contributed by atoms with Crippen LogP contribution in [0.1, 0.15) is 39.0 Å². The SMILES string of the molecule is CCC1CCCCN1C(=O)CN1CCC(N)(C(=O)O)C1. The maximum absolute atomic E-state index is 12.4. The zero-order valence-corrected chi connectivity index (χ0v) is 12.2. The fourth-order valence-electron chi connectivity index (χ4n) is 3.26. The van der Waals surface area contributed by atoms with Crippen molar-refractivity contribution in [3.63, 3.8) is 0 Å². The van der Waals surface area contributed by atoms with Gasteiger partial charge in [0.1, 0.15) is 5.54 Å². The number of nitrogens with zero attached hydrogens (tertiary/aromatic N) is 2. The van der Waals surface area contributed by atoms with E-state index in [1.165, 1.54) is 6.42 Å². The van der Waals surface area contributed by atoms with Gasteiger partial charge < -0.3 is 15.7 Å². The number of aliphatic carboxylic acids is 1. The molecular formula is C14H25N3O3. The second-order valence-corrected chi connectivity index (χ2v) is 6.07. The Bertz CT molecular complexity index is 388. The predicted octanol–water partition coefficient (Wildman–Crippen LogP) is 0.265. The molecule has 2 saturated heterocycles. The van der Waals surface area contributed by atoms with Gasteiger partial charge >= 0.3 is 5.97 Å². The van der Waals surface area contributed by atoms with Gasteiger partial charge in [-0.3, -0.25) is 14.5 Å². The van der Waals surface area contributed by atoms with Crippen molar-refractivity contribution in [3.8, 4) is 0 Å². The average Bonchev–Trinajstić information content (AvgIpc) is 2.81. The third-order valence-electron chi connectivity index (χ3n) is 4.58. The number of amides is 1. The molecule has 3 N–H and O–H groups in total. The van der Waals surface area contributed by atoms with Gasteiger partial charge in [-0.15, -0.1) is 0 Å². The standard InChI is InChI=1S/C14H25N3O3/c1-2-11-5-3-4-7-17(11)12(18)9-16-8-6-14(15,10-16)13(19)20/h11H,2-10,15H2,1H3,(H,19,20). The molecule has 2 aliphatic rings. The first-order valence-electron chi connectivity index (χ1n) is 7.50. The maximum Gasteiger partial charge on any atom is 0.325 e. The zero-order chi connectivity index (χ0) is 14.8. The van der Waals surface area contributed by atoms with E-state index >= 15 is 0 Å². The van der Waals surface area contributed by atoms with Crippen LogP contribution in [0, 0.1) is 0 Å². The molecule has 0 aromatic heterocycles. The molecule has 0 bridgehead atoms. The number of piperidine rings is 1. The van der Waals surface area contributed by atoms with Crippen molar-refractivity contribution < 1.29 is 14.7 Å². The van der Waals surface area contributed by atoms with Crippen LogP contribution in [0.5, 0.6) is 0 Å². The minimum Gasteiger partial charge on any atom is -0.480 e. The van der Waals surface area contributed by atoms with E-state index in [-0.39, 0.29) is 12.5 Å². The fraction of sp³-hybridized carbons (Fsp3) is 0.857. The van der Waals surface area contributed by atoms with Crippen LogP contribution in [0.4, 0.5) is 0 Å². The molecule has 0 radical (unpaired) electrons. The third kappa shape index (κ3) is 3.12. The quantitative estimate of drug-likeness (QED) is 0.773. The molecule has 2 unspecified atom stereocenters. The molecule has 0 aliphatic carbocycles. The number of rotatable bonds is 4. The smallest absolute Gasteiger partial charge is 0.325 e. The Morgan fingerprint density at radius 1 is 1.35 bits per heavy atom. The van der Waals surface area contributed by atoms with E-state index < -0.39 is 11.5 Å². The summed E-state index contributed by atoms with van der Waals surface area (Å²) in [6, 6.07) is 0.348. The van der Waals surface area contributed by atoms with Gasteiger partial charge in [-0.2, -0.15) is 0 Å². The Labute approximate surface area is 119 Å². The highest BCUT2D eigenvalue weighted by Crippen LogP contribution is 2.22. The highest BCUT2D eigenvalue weighted by Gasteiger charge is 2.42. The fourth-order valence-corrected chi connectivity index (χ4v) is 3.26. The Kier molecular flexibility index (Phi) is 4.65. The molecular weight excluding hydrogens is 258 g/mol. The summed E-state index contributed by atoms with van der Waals surface area (Å²) in [5.74, 6) is -0.858. The minimum absolute atomic E-state index is 0.117. The van der Waals surface area contributed by atoms with Gasteiger partial charge in [0.15, 0.2) is 0 Å². The minimum atomic E-state index is -1.19. The summed E-state index contributed by atoms with van der Waals surface area (Å²) < 4.78 is 0. The third-order valence-corrected chi connectivity index (χ3v) is 4.58. The van der Waals surface area contributed by atoms with E-state index in [2.05, 4.69) is 6.92 Å². The van der Waals surface area contributed by atoms with Crippen molar-refractivity contribution in [2.24, 2.45) is 5.73 Å². The van der Waals surface area contributed by atoms with Crippen molar-refractivity contribution in [2.75, 3.05) is 26.2 Å². The van der Waals surface area contributed by atoms with E-state index in [9.17, 15) is 9.59 Å². The van der Waals surface area contributed by atoms with Crippen molar-refractivity contribution in [1.82, 2.24) is 9.80 Å². The molecule has 2 atom stereocenters. The second kappa shape index (κ2) is 6.10. The maximum atomic E-state index is 12.4. The predicted molar refractivity (Wildman–Crippen MR) is 75.3 cm³/mol. The number of hydrogen-bond acceptors (Lipinski definition) is 4. The summed E-state index contributed by atoms with van der Waals surface area (Å²) in [6.45, 7) is 4.08. The topological polar surface area (TPSA) is 86.9 Å². The highest BCUT2D eigenvalue weighted by molar-refractivity contribution is 5.81. The summed E-state index contributed by atoms with van der Waals surface area (Å²) in [4.78, 5) is 27.4. The number of hydrogen-bond donors (Lipinski definition) is 2. The monoisotopic (exact) mass is 283 g/mol. The number of nitrogens with two attached hydrogens (primary N) is 1.